The molecule has 0 radical (unpaired) electrons. The third-order valence-electron chi connectivity index (χ3n) is 4.55. The molecule has 25 heavy (non-hydrogen) atoms. The van der Waals surface area contributed by atoms with Gasteiger partial charge in [0.25, 0.3) is 5.91 Å². The molecule has 0 saturated carbocycles. The van der Waals surface area contributed by atoms with Crippen molar-refractivity contribution in [2.75, 3.05) is 17.2 Å². The van der Waals surface area contributed by atoms with Crippen molar-refractivity contribution in [2.45, 2.75) is 39.0 Å². The molecule has 1 aromatic heterocycles. The summed E-state index contributed by atoms with van der Waals surface area (Å²) < 4.78 is 0. The van der Waals surface area contributed by atoms with Crippen molar-refractivity contribution in [2.24, 2.45) is 0 Å². The Kier molecular flexibility index (Phi) is 5.83. The van der Waals surface area contributed by atoms with Crippen LogP contribution in [0, 0.1) is 6.92 Å². The first-order valence-electron chi connectivity index (χ1n) is 8.96. The van der Waals surface area contributed by atoms with Gasteiger partial charge in [0.05, 0.1) is 11.3 Å². The summed E-state index contributed by atoms with van der Waals surface area (Å²) in [5, 5.41) is 6.32. The zero-order chi connectivity index (χ0) is 17.5. The highest BCUT2D eigenvalue weighted by Crippen LogP contribution is 2.20. The number of hydrogen-bond acceptors (Lipinski definition) is 3. The second-order valence-corrected chi connectivity index (χ2v) is 6.52. The zero-order valence-corrected chi connectivity index (χ0v) is 14.7. The van der Waals surface area contributed by atoms with E-state index in [0.717, 1.165) is 29.9 Å². The molecule has 1 aromatic carbocycles. The van der Waals surface area contributed by atoms with Crippen LogP contribution in [0.1, 0.15) is 48.0 Å². The fraction of sp³-hybridized carbons (Fsp3) is 0.333. The van der Waals surface area contributed by atoms with Crippen LogP contribution in [0.25, 0.3) is 0 Å². The van der Waals surface area contributed by atoms with Crippen LogP contribution in [0.5, 0.6) is 0 Å². The molecule has 0 spiro atoms. The third-order valence-corrected chi connectivity index (χ3v) is 4.55. The van der Waals surface area contributed by atoms with Gasteiger partial charge in [-0.05, 0) is 56.7 Å². The van der Waals surface area contributed by atoms with E-state index in [1.807, 2.05) is 37.3 Å². The Balaban J connectivity index is 1.58. The second kappa shape index (κ2) is 8.47. The number of anilines is 2. The molecular weight excluding hydrogens is 310 g/mol. The van der Waals surface area contributed by atoms with E-state index in [1.165, 1.54) is 25.7 Å². The number of benzene rings is 1. The minimum atomic E-state index is -0.138. The summed E-state index contributed by atoms with van der Waals surface area (Å²) in [7, 11) is 0. The van der Waals surface area contributed by atoms with Gasteiger partial charge in [-0.3, -0.25) is 9.78 Å². The molecule has 0 fully saturated rings. The number of allylic oxidation sites excluding steroid dienone is 1. The number of pyridine rings is 1. The van der Waals surface area contributed by atoms with Crippen LogP contribution in [0.3, 0.4) is 0 Å². The van der Waals surface area contributed by atoms with Crippen molar-refractivity contribution in [1.29, 1.82) is 0 Å². The molecule has 1 amide bonds. The van der Waals surface area contributed by atoms with Gasteiger partial charge in [0.2, 0.25) is 0 Å². The average Bonchev–Trinajstić information content (AvgIpc) is 2.65. The van der Waals surface area contributed by atoms with Crippen LogP contribution >= 0.6 is 0 Å². The maximum absolute atomic E-state index is 12.5. The van der Waals surface area contributed by atoms with Crippen molar-refractivity contribution < 1.29 is 4.79 Å². The molecule has 2 aromatic rings. The van der Waals surface area contributed by atoms with Gasteiger partial charge < -0.3 is 10.6 Å². The highest BCUT2D eigenvalue weighted by Gasteiger charge is 2.09. The summed E-state index contributed by atoms with van der Waals surface area (Å²) in [5.74, 6) is -0.138. The van der Waals surface area contributed by atoms with Crippen molar-refractivity contribution in [1.82, 2.24) is 4.98 Å². The number of rotatable bonds is 6. The van der Waals surface area contributed by atoms with Gasteiger partial charge in [-0.15, -0.1) is 0 Å². The van der Waals surface area contributed by atoms with Gasteiger partial charge in [0.15, 0.2) is 0 Å². The Labute approximate surface area is 149 Å². The van der Waals surface area contributed by atoms with E-state index in [-0.39, 0.29) is 5.91 Å². The molecule has 130 valence electrons. The normalized spacial score (nSPS) is 13.9. The fourth-order valence-electron chi connectivity index (χ4n) is 3.07. The van der Waals surface area contributed by atoms with E-state index in [1.54, 1.807) is 18.0 Å². The molecular formula is C21H25N3O. The van der Waals surface area contributed by atoms with Gasteiger partial charge in [-0.2, -0.15) is 0 Å². The maximum Gasteiger partial charge on any atom is 0.257 e. The standard InChI is InChI=1S/C21H25N3O/c1-16-7-5-6-10-20(16)24-21(25)18-13-19(15-22-14-18)23-12-11-17-8-3-2-4-9-17/h5-8,10,13-15,23H,2-4,9,11-12H2,1H3,(H,24,25). The minimum Gasteiger partial charge on any atom is -0.383 e. The molecule has 4 heteroatoms. The summed E-state index contributed by atoms with van der Waals surface area (Å²) in [6.45, 7) is 2.85. The van der Waals surface area contributed by atoms with Gasteiger partial charge in [0.1, 0.15) is 0 Å². The van der Waals surface area contributed by atoms with Gasteiger partial charge in [-0.25, -0.2) is 0 Å². The number of para-hydroxylation sites is 1. The highest BCUT2D eigenvalue weighted by molar-refractivity contribution is 6.04. The van der Waals surface area contributed by atoms with E-state index < -0.39 is 0 Å². The van der Waals surface area contributed by atoms with Crippen molar-refractivity contribution >= 4 is 17.3 Å². The van der Waals surface area contributed by atoms with E-state index in [4.69, 9.17) is 0 Å². The van der Waals surface area contributed by atoms with Crippen molar-refractivity contribution in [3.63, 3.8) is 0 Å². The number of aryl methyl sites for hydroxylation is 1. The molecule has 0 unspecified atom stereocenters. The van der Waals surface area contributed by atoms with Crippen LogP contribution in [0.15, 0.2) is 54.4 Å². The molecule has 1 aliphatic rings. The SMILES string of the molecule is Cc1ccccc1NC(=O)c1cncc(NCCC2=CCCCC2)c1. The quantitative estimate of drug-likeness (QED) is 0.735. The molecule has 1 aliphatic carbocycles. The Morgan fingerprint density at radius 2 is 2.08 bits per heavy atom. The Morgan fingerprint density at radius 1 is 1.20 bits per heavy atom. The fourth-order valence-corrected chi connectivity index (χ4v) is 3.07. The molecule has 4 nitrogen and oxygen atoms in total. The molecule has 1 heterocycles. The predicted molar refractivity (Wildman–Crippen MR) is 103 cm³/mol. The van der Waals surface area contributed by atoms with Gasteiger partial charge in [0, 0.05) is 24.6 Å². The number of carbonyl (C=O) groups excluding carboxylic acids is 1. The summed E-state index contributed by atoms with van der Waals surface area (Å²) >= 11 is 0. The Morgan fingerprint density at radius 3 is 2.88 bits per heavy atom. The minimum absolute atomic E-state index is 0.138. The topological polar surface area (TPSA) is 54.0 Å². The first-order chi connectivity index (χ1) is 12.2. The highest BCUT2D eigenvalue weighted by atomic mass is 16.1. The van der Waals surface area contributed by atoms with E-state index in [0.29, 0.717) is 5.56 Å². The van der Waals surface area contributed by atoms with Crippen LogP contribution in [0.4, 0.5) is 11.4 Å². The predicted octanol–water partition coefficient (Wildman–Crippen LogP) is 4.94. The third kappa shape index (κ3) is 4.92. The second-order valence-electron chi connectivity index (χ2n) is 6.52. The lowest BCUT2D eigenvalue weighted by Gasteiger charge is -2.13. The summed E-state index contributed by atoms with van der Waals surface area (Å²) in [5.41, 5.74) is 4.85. The molecule has 0 bridgehead atoms. The summed E-state index contributed by atoms with van der Waals surface area (Å²) in [6.07, 6.45) is 11.8. The van der Waals surface area contributed by atoms with E-state index in [9.17, 15) is 4.79 Å². The van der Waals surface area contributed by atoms with Crippen LogP contribution in [-0.4, -0.2) is 17.4 Å². The molecule has 2 N–H and O–H groups in total. The lowest BCUT2D eigenvalue weighted by molar-refractivity contribution is 0.102. The number of hydrogen-bond donors (Lipinski definition) is 2. The zero-order valence-electron chi connectivity index (χ0n) is 14.7. The van der Waals surface area contributed by atoms with Gasteiger partial charge >= 0.3 is 0 Å². The van der Waals surface area contributed by atoms with Crippen LogP contribution < -0.4 is 10.6 Å². The summed E-state index contributed by atoms with van der Waals surface area (Å²) in [4.78, 5) is 16.6. The van der Waals surface area contributed by atoms with Crippen molar-refractivity contribution in [3.8, 4) is 0 Å². The Bertz CT molecular complexity index is 767. The van der Waals surface area contributed by atoms with Crippen LogP contribution in [-0.2, 0) is 0 Å². The first kappa shape index (κ1) is 17.2. The number of nitrogens with one attached hydrogen (secondary N) is 2. The van der Waals surface area contributed by atoms with Gasteiger partial charge in [-0.1, -0.05) is 29.8 Å². The number of nitrogens with zero attached hydrogens (tertiary/aromatic N) is 1. The molecule has 3 rings (SSSR count). The van der Waals surface area contributed by atoms with Crippen LogP contribution in [0.2, 0.25) is 0 Å². The number of aromatic nitrogens is 1. The largest absolute Gasteiger partial charge is 0.383 e. The van der Waals surface area contributed by atoms with E-state index >= 15 is 0 Å². The Hall–Kier alpha value is -2.62. The number of carbonyl (C=O) groups is 1. The average molecular weight is 335 g/mol. The molecule has 0 atom stereocenters. The monoisotopic (exact) mass is 335 g/mol. The molecule has 0 saturated heterocycles. The molecule has 0 aliphatic heterocycles. The lowest BCUT2D eigenvalue weighted by atomic mass is 9.97. The number of amides is 1. The lowest BCUT2D eigenvalue weighted by Crippen LogP contribution is -2.13. The van der Waals surface area contributed by atoms with Crippen molar-refractivity contribution in [3.05, 3.63) is 65.5 Å². The van der Waals surface area contributed by atoms with E-state index in [2.05, 4.69) is 21.7 Å². The summed E-state index contributed by atoms with van der Waals surface area (Å²) in [6, 6.07) is 9.61. The smallest absolute Gasteiger partial charge is 0.257 e. The first-order valence-corrected chi connectivity index (χ1v) is 8.96. The maximum atomic E-state index is 12.5.